The lowest BCUT2D eigenvalue weighted by atomic mass is 10.1. The van der Waals surface area contributed by atoms with E-state index in [0.29, 0.717) is 16.5 Å². The molecule has 0 aliphatic rings. The number of ether oxygens (including phenoxy) is 1. The van der Waals surface area contributed by atoms with Crippen LogP contribution >= 0.6 is 11.3 Å². The van der Waals surface area contributed by atoms with Gasteiger partial charge in [-0.05, 0) is 5.56 Å². The summed E-state index contributed by atoms with van der Waals surface area (Å²) in [6.07, 6.45) is 3.09. The van der Waals surface area contributed by atoms with Crippen molar-refractivity contribution in [3.05, 3.63) is 54.6 Å². The maximum absolute atomic E-state index is 12.1. The molecule has 0 aliphatic heterocycles. The van der Waals surface area contributed by atoms with E-state index in [4.69, 9.17) is 4.74 Å². The minimum absolute atomic E-state index is 0.188. The minimum atomic E-state index is -0.388. The molecule has 4 rings (SSSR count). The summed E-state index contributed by atoms with van der Waals surface area (Å²) in [5, 5.41) is 6.78. The summed E-state index contributed by atoms with van der Waals surface area (Å²) in [5.74, 6) is 0.0221. The third-order valence-electron chi connectivity index (χ3n) is 3.55. The van der Waals surface area contributed by atoms with Crippen molar-refractivity contribution in [1.29, 1.82) is 0 Å². The average Bonchev–Trinajstić information content (AvgIpc) is 3.31. The summed E-state index contributed by atoms with van der Waals surface area (Å²) in [5.41, 5.74) is 2.73. The van der Waals surface area contributed by atoms with Gasteiger partial charge >= 0.3 is 0 Å². The van der Waals surface area contributed by atoms with Gasteiger partial charge in [-0.2, -0.15) is 0 Å². The van der Waals surface area contributed by atoms with Gasteiger partial charge in [0.15, 0.2) is 10.8 Å². The molecule has 1 N–H and O–H groups in total. The van der Waals surface area contributed by atoms with Gasteiger partial charge in [0.05, 0.1) is 11.8 Å². The minimum Gasteiger partial charge on any atom is -0.479 e. The summed E-state index contributed by atoms with van der Waals surface area (Å²) in [6, 6.07) is 11.3. The van der Waals surface area contributed by atoms with Crippen molar-refractivity contribution >= 4 is 32.6 Å². The van der Waals surface area contributed by atoms with E-state index >= 15 is 0 Å². The molecule has 4 aromatic rings. The van der Waals surface area contributed by atoms with Crippen LogP contribution in [0.25, 0.3) is 21.3 Å². The van der Waals surface area contributed by atoms with Gasteiger partial charge in [-0.3, -0.25) is 10.1 Å². The number of carbonyl (C=O) groups excluding carboxylic acids is 1. The predicted molar refractivity (Wildman–Crippen MR) is 93.9 cm³/mol. The molecule has 0 bridgehead atoms. The second-order valence-electron chi connectivity index (χ2n) is 5.08. The van der Waals surface area contributed by atoms with Gasteiger partial charge in [-0.25, -0.2) is 9.97 Å². The molecule has 3 heterocycles. The molecule has 0 saturated heterocycles. The Hall–Kier alpha value is -3.26. The van der Waals surface area contributed by atoms with Gasteiger partial charge in [-0.1, -0.05) is 46.8 Å². The number of carbonyl (C=O) groups is 1. The van der Waals surface area contributed by atoms with Crippen LogP contribution in [0.15, 0.2) is 53.4 Å². The number of fused-ring (bicyclic) bond motifs is 1. The Morgan fingerprint density at radius 3 is 2.80 bits per heavy atom. The van der Waals surface area contributed by atoms with Crippen molar-refractivity contribution in [3.8, 4) is 17.0 Å². The second kappa shape index (κ2) is 6.33. The number of thiazole rings is 1. The fourth-order valence-electron chi connectivity index (χ4n) is 2.41. The van der Waals surface area contributed by atoms with Gasteiger partial charge in [0.25, 0.3) is 5.91 Å². The Labute approximate surface area is 146 Å². The largest absolute Gasteiger partial charge is 0.479 e. The van der Waals surface area contributed by atoms with Crippen LogP contribution in [-0.4, -0.2) is 28.1 Å². The molecule has 8 heteroatoms. The summed E-state index contributed by atoms with van der Waals surface area (Å²) in [4.78, 5) is 20.9. The molecule has 0 aliphatic carbocycles. The van der Waals surface area contributed by atoms with E-state index < -0.39 is 0 Å². The van der Waals surface area contributed by atoms with Crippen LogP contribution in [0.1, 0.15) is 10.5 Å². The lowest BCUT2D eigenvalue weighted by Crippen LogP contribution is -2.11. The van der Waals surface area contributed by atoms with Crippen molar-refractivity contribution in [2.75, 3.05) is 12.4 Å². The van der Waals surface area contributed by atoms with Crippen molar-refractivity contribution < 1.29 is 14.1 Å². The van der Waals surface area contributed by atoms with Crippen LogP contribution in [-0.2, 0) is 0 Å². The van der Waals surface area contributed by atoms with Crippen LogP contribution in [0.4, 0.5) is 5.13 Å². The number of hydrogen-bond donors (Lipinski definition) is 1. The van der Waals surface area contributed by atoms with Crippen molar-refractivity contribution in [1.82, 2.24) is 15.1 Å². The monoisotopic (exact) mass is 352 g/mol. The molecule has 0 fully saturated rings. The zero-order valence-electron chi connectivity index (χ0n) is 13.1. The number of nitrogens with one attached hydrogen (secondary N) is 1. The first-order valence-corrected chi connectivity index (χ1v) is 8.18. The number of aromatic nitrogens is 3. The molecule has 25 heavy (non-hydrogen) atoms. The van der Waals surface area contributed by atoms with Crippen LogP contribution in [0.5, 0.6) is 5.88 Å². The Morgan fingerprint density at radius 2 is 2.08 bits per heavy atom. The van der Waals surface area contributed by atoms with E-state index in [1.165, 1.54) is 30.8 Å². The molecular formula is C17H12N4O3S. The molecule has 0 saturated carbocycles. The molecule has 1 aromatic carbocycles. The van der Waals surface area contributed by atoms with Crippen molar-refractivity contribution in [2.45, 2.75) is 0 Å². The highest BCUT2D eigenvalue weighted by Gasteiger charge is 2.18. The lowest BCUT2D eigenvalue weighted by molar-refractivity contribution is 0.101. The highest BCUT2D eigenvalue weighted by Crippen LogP contribution is 2.38. The Bertz CT molecular complexity index is 1030. The fraction of sp³-hybridized carbons (Fsp3) is 0.0588. The Balaban J connectivity index is 1.79. The topological polar surface area (TPSA) is 90.1 Å². The van der Waals surface area contributed by atoms with E-state index in [-0.39, 0.29) is 11.6 Å². The molecule has 0 atom stereocenters. The molecule has 3 aromatic heterocycles. The van der Waals surface area contributed by atoms with E-state index in [1.807, 2.05) is 30.3 Å². The van der Waals surface area contributed by atoms with E-state index in [0.717, 1.165) is 15.8 Å². The van der Waals surface area contributed by atoms with Crippen molar-refractivity contribution in [3.63, 3.8) is 0 Å². The molecule has 7 nitrogen and oxygen atoms in total. The Kier molecular flexibility index (Phi) is 3.87. The van der Waals surface area contributed by atoms with E-state index in [9.17, 15) is 4.79 Å². The first-order valence-electron chi connectivity index (χ1n) is 7.37. The maximum Gasteiger partial charge on any atom is 0.279 e. The SMILES string of the molecule is COc1ncc(-c2ccccc2)c2sc(NC(=O)c3ccon3)nc12. The summed E-state index contributed by atoms with van der Waals surface area (Å²) >= 11 is 1.35. The van der Waals surface area contributed by atoms with Crippen LogP contribution < -0.4 is 10.1 Å². The second-order valence-corrected chi connectivity index (χ2v) is 6.08. The van der Waals surface area contributed by atoms with E-state index in [1.54, 1.807) is 6.20 Å². The lowest BCUT2D eigenvalue weighted by Gasteiger charge is -2.04. The molecule has 124 valence electrons. The van der Waals surface area contributed by atoms with Crippen LogP contribution in [0.3, 0.4) is 0 Å². The maximum atomic E-state index is 12.1. The standard InChI is InChI=1S/C17H12N4O3S/c1-23-16-13-14(11(9-18-16)10-5-3-2-4-6-10)25-17(19-13)20-15(22)12-7-8-24-21-12/h2-9H,1H3,(H,19,20,22). The first-order chi connectivity index (χ1) is 12.3. The summed E-state index contributed by atoms with van der Waals surface area (Å²) in [6.45, 7) is 0. The number of benzene rings is 1. The van der Waals surface area contributed by atoms with Gasteiger partial charge in [-0.15, -0.1) is 0 Å². The zero-order valence-corrected chi connectivity index (χ0v) is 13.9. The van der Waals surface area contributed by atoms with Gasteiger partial charge < -0.3 is 9.26 Å². The quantitative estimate of drug-likeness (QED) is 0.603. The highest BCUT2D eigenvalue weighted by molar-refractivity contribution is 7.23. The van der Waals surface area contributed by atoms with E-state index in [2.05, 4.69) is 25.0 Å². The van der Waals surface area contributed by atoms with Crippen molar-refractivity contribution in [2.24, 2.45) is 0 Å². The molecular weight excluding hydrogens is 340 g/mol. The third kappa shape index (κ3) is 2.83. The number of methoxy groups -OCH3 is 1. The van der Waals surface area contributed by atoms with Gasteiger partial charge in [0, 0.05) is 17.8 Å². The van der Waals surface area contributed by atoms with Crippen LogP contribution in [0.2, 0.25) is 0 Å². The first kappa shape index (κ1) is 15.3. The zero-order chi connectivity index (χ0) is 17.2. The normalized spacial score (nSPS) is 10.8. The summed E-state index contributed by atoms with van der Waals surface area (Å²) in [7, 11) is 1.54. The smallest absolute Gasteiger partial charge is 0.279 e. The number of anilines is 1. The third-order valence-corrected chi connectivity index (χ3v) is 4.56. The average molecular weight is 352 g/mol. The predicted octanol–water partition coefficient (Wildman–Crippen LogP) is 3.61. The van der Waals surface area contributed by atoms with Gasteiger partial charge in [0.1, 0.15) is 11.8 Å². The summed E-state index contributed by atoms with van der Waals surface area (Å²) < 4.78 is 10.9. The molecule has 1 amide bonds. The highest BCUT2D eigenvalue weighted by atomic mass is 32.1. The number of nitrogens with zero attached hydrogens (tertiary/aromatic N) is 3. The number of amides is 1. The fourth-order valence-corrected chi connectivity index (χ4v) is 3.39. The molecule has 0 unspecified atom stereocenters. The van der Waals surface area contributed by atoms with Crippen LogP contribution in [0, 0.1) is 0 Å². The Morgan fingerprint density at radius 1 is 1.24 bits per heavy atom. The number of rotatable bonds is 4. The molecule has 0 radical (unpaired) electrons. The number of hydrogen-bond acceptors (Lipinski definition) is 7. The number of pyridine rings is 1. The molecule has 0 spiro atoms. The van der Waals surface area contributed by atoms with Gasteiger partial charge in [0.2, 0.25) is 5.88 Å².